The minimum absolute atomic E-state index is 0.361. The first-order chi connectivity index (χ1) is 6.76. The van der Waals surface area contributed by atoms with Gasteiger partial charge in [-0.3, -0.25) is 0 Å². The summed E-state index contributed by atoms with van der Waals surface area (Å²) >= 11 is 6.46. The van der Waals surface area contributed by atoms with Gasteiger partial charge in [-0.05, 0) is 12.2 Å². The first-order valence-corrected chi connectivity index (χ1v) is 4.99. The van der Waals surface area contributed by atoms with E-state index in [0.29, 0.717) is 3.71 Å². The first-order valence-electron chi connectivity index (χ1n) is 4.19. The minimum Gasteiger partial charge on any atom is -0.529 e. The molecule has 0 N–H and O–H groups in total. The van der Waals surface area contributed by atoms with Gasteiger partial charge in [-0.1, -0.05) is 38.8 Å². The van der Waals surface area contributed by atoms with E-state index in [-0.39, 0.29) is 0 Å². The Morgan fingerprint density at radius 3 is 1.73 bits per heavy atom. The molecule has 0 saturated heterocycles. The molecule has 88 valence electrons. The lowest BCUT2D eigenvalue weighted by Crippen LogP contribution is -2.39. The normalized spacial score (nSPS) is 9.60. The molecular weight excluding hydrogens is 232 g/mol. The maximum absolute atomic E-state index is 9.36. The van der Waals surface area contributed by atoms with Gasteiger partial charge in [0.15, 0.2) is 6.09 Å². The summed E-state index contributed by atoms with van der Waals surface area (Å²) in [4.78, 5) is 9.36. The van der Waals surface area contributed by atoms with Crippen molar-refractivity contribution in [2.24, 2.45) is 0 Å². The standard InChI is InChI=1S/C8H16N.CH3NO2S2/c1-5-7-9(3,4)8-6-2;3-1(4)2(5)6/h5-6H,1-2,7-8H2,3-4H3;5-6H,(H,3,4)/q+1;/p-1. The molecule has 1 amide bonds. The van der Waals surface area contributed by atoms with Gasteiger partial charge in [-0.2, -0.15) is 0 Å². The fourth-order valence-electron chi connectivity index (χ4n) is 0.774. The fraction of sp³-hybridized carbons (Fsp3) is 0.444. The highest BCUT2D eigenvalue weighted by Crippen LogP contribution is 1.95. The Morgan fingerprint density at radius 2 is 1.60 bits per heavy atom. The SMILES string of the molecule is C=CC[N+](C)(C)CC=C.O=C([O-])N(S)S. The summed E-state index contributed by atoms with van der Waals surface area (Å²) in [6, 6.07) is 0. The van der Waals surface area contributed by atoms with Crippen molar-refractivity contribution in [3.63, 3.8) is 0 Å². The van der Waals surface area contributed by atoms with Gasteiger partial charge in [0, 0.05) is 0 Å². The molecule has 0 aromatic carbocycles. The van der Waals surface area contributed by atoms with Crippen LogP contribution in [0.2, 0.25) is 0 Å². The Labute approximate surface area is 103 Å². The van der Waals surface area contributed by atoms with E-state index in [1.54, 1.807) is 0 Å². The van der Waals surface area contributed by atoms with Crippen LogP contribution in [-0.2, 0) is 0 Å². The van der Waals surface area contributed by atoms with Gasteiger partial charge < -0.3 is 14.4 Å². The van der Waals surface area contributed by atoms with Crippen molar-refractivity contribution >= 4 is 31.7 Å². The van der Waals surface area contributed by atoms with Crippen LogP contribution in [-0.4, -0.2) is 41.5 Å². The van der Waals surface area contributed by atoms with Crippen LogP contribution in [0.1, 0.15) is 0 Å². The second-order valence-electron chi connectivity index (χ2n) is 3.43. The molecule has 0 unspecified atom stereocenters. The highest BCUT2D eigenvalue weighted by molar-refractivity contribution is 7.94. The number of quaternary nitrogens is 1. The minimum atomic E-state index is -1.43. The molecule has 15 heavy (non-hydrogen) atoms. The molecule has 0 aromatic heterocycles. The summed E-state index contributed by atoms with van der Waals surface area (Å²) in [6.07, 6.45) is 2.44. The smallest absolute Gasteiger partial charge is 0.157 e. The molecule has 0 aliphatic heterocycles. The summed E-state index contributed by atoms with van der Waals surface area (Å²) in [5.41, 5.74) is 0. The molecule has 0 aliphatic rings. The third kappa shape index (κ3) is 13.4. The summed E-state index contributed by atoms with van der Waals surface area (Å²) in [7, 11) is 4.31. The molecule has 0 fully saturated rings. The zero-order valence-corrected chi connectivity index (χ0v) is 10.9. The van der Waals surface area contributed by atoms with Crippen molar-refractivity contribution in [2.45, 2.75) is 0 Å². The predicted molar refractivity (Wildman–Crippen MR) is 67.4 cm³/mol. The number of hydrogen-bond donors (Lipinski definition) is 2. The van der Waals surface area contributed by atoms with Crippen LogP contribution in [0.5, 0.6) is 0 Å². The van der Waals surface area contributed by atoms with Crippen molar-refractivity contribution in [2.75, 3.05) is 27.2 Å². The maximum Gasteiger partial charge on any atom is 0.157 e. The average molecular weight is 250 g/mol. The molecule has 0 saturated carbocycles. The highest BCUT2D eigenvalue weighted by Gasteiger charge is 2.07. The van der Waals surface area contributed by atoms with Gasteiger partial charge in [0.2, 0.25) is 0 Å². The largest absolute Gasteiger partial charge is 0.529 e. The molecular formula is C9H18N2O2S2. The summed E-state index contributed by atoms with van der Waals surface area (Å²) in [6.45, 7) is 9.37. The number of carboxylic acid groups (broad SMARTS) is 1. The number of amides is 1. The molecule has 0 atom stereocenters. The van der Waals surface area contributed by atoms with E-state index in [0.717, 1.165) is 17.6 Å². The second-order valence-corrected chi connectivity index (χ2v) is 4.55. The zero-order valence-electron chi connectivity index (χ0n) is 9.09. The van der Waals surface area contributed by atoms with E-state index >= 15 is 0 Å². The molecule has 6 heteroatoms. The Hall–Kier alpha value is -0.590. The lowest BCUT2D eigenvalue weighted by Gasteiger charge is -2.26. The van der Waals surface area contributed by atoms with Crippen molar-refractivity contribution < 1.29 is 14.4 Å². The molecule has 0 aromatic rings. The number of likely N-dealkylation sites (N-methyl/N-ethyl adjacent to an activating group) is 1. The second kappa shape index (κ2) is 8.70. The van der Waals surface area contributed by atoms with Crippen molar-refractivity contribution in [3.05, 3.63) is 25.3 Å². The molecule has 0 bridgehead atoms. The van der Waals surface area contributed by atoms with E-state index in [4.69, 9.17) is 0 Å². The topological polar surface area (TPSA) is 43.4 Å². The number of carbonyl (C=O) groups is 1. The number of rotatable bonds is 4. The van der Waals surface area contributed by atoms with Gasteiger partial charge in [-0.25, -0.2) is 3.71 Å². The maximum atomic E-state index is 9.36. The number of carbonyl (C=O) groups excluding carboxylic acids is 1. The average Bonchev–Trinajstić information content (AvgIpc) is 2.04. The Balaban J connectivity index is 0. The van der Waals surface area contributed by atoms with Crippen LogP contribution in [0.25, 0.3) is 0 Å². The fourth-order valence-corrected chi connectivity index (χ4v) is 0.774. The quantitative estimate of drug-likeness (QED) is 0.439. The van der Waals surface area contributed by atoms with Gasteiger partial charge >= 0.3 is 0 Å². The molecule has 4 nitrogen and oxygen atoms in total. The van der Waals surface area contributed by atoms with E-state index < -0.39 is 6.09 Å². The van der Waals surface area contributed by atoms with E-state index in [9.17, 15) is 9.90 Å². The van der Waals surface area contributed by atoms with Crippen molar-refractivity contribution in [1.82, 2.24) is 3.71 Å². The van der Waals surface area contributed by atoms with E-state index in [2.05, 4.69) is 52.9 Å². The Bertz CT molecular complexity index is 206. The summed E-state index contributed by atoms with van der Waals surface area (Å²) < 4.78 is 1.31. The third-order valence-corrected chi connectivity index (χ3v) is 1.74. The van der Waals surface area contributed by atoms with Crippen LogP contribution >= 0.6 is 25.6 Å². The number of hydrogen-bond acceptors (Lipinski definition) is 4. The predicted octanol–water partition coefficient (Wildman–Crippen LogP) is 0.756. The molecule has 0 spiro atoms. The molecule has 0 rings (SSSR count). The van der Waals surface area contributed by atoms with Crippen LogP contribution in [0.15, 0.2) is 25.3 Å². The number of nitrogens with zero attached hydrogens (tertiary/aromatic N) is 2. The van der Waals surface area contributed by atoms with Crippen LogP contribution in [0, 0.1) is 0 Å². The lowest BCUT2D eigenvalue weighted by molar-refractivity contribution is -0.878. The van der Waals surface area contributed by atoms with E-state index in [1.165, 1.54) is 0 Å². The summed E-state index contributed by atoms with van der Waals surface area (Å²) in [5, 5.41) is 9.36. The lowest BCUT2D eigenvalue weighted by atomic mass is 10.4. The van der Waals surface area contributed by atoms with Gasteiger partial charge in [0.05, 0.1) is 27.2 Å². The van der Waals surface area contributed by atoms with Gasteiger partial charge in [0.25, 0.3) is 0 Å². The molecule has 0 radical (unpaired) electrons. The van der Waals surface area contributed by atoms with Gasteiger partial charge in [-0.15, -0.1) is 0 Å². The Morgan fingerprint density at radius 1 is 1.33 bits per heavy atom. The van der Waals surface area contributed by atoms with Gasteiger partial charge in [0.1, 0.15) is 0 Å². The zero-order chi connectivity index (χ0) is 12.5. The van der Waals surface area contributed by atoms with E-state index in [1.807, 2.05) is 12.2 Å². The highest BCUT2D eigenvalue weighted by atomic mass is 32.2. The molecule has 0 heterocycles. The summed E-state index contributed by atoms with van der Waals surface area (Å²) in [5.74, 6) is 0. The molecule has 0 aliphatic carbocycles. The van der Waals surface area contributed by atoms with Crippen LogP contribution in [0.3, 0.4) is 0 Å². The van der Waals surface area contributed by atoms with Crippen LogP contribution < -0.4 is 5.11 Å². The Kier molecular flexibility index (Phi) is 9.76. The first kappa shape index (κ1) is 16.8. The number of thiol groups is 2. The monoisotopic (exact) mass is 250 g/mol. The van der Waals surface area contributed by atoms with Crippen molar-refractivity contribution in [1.29, 1.82) is 0 Å². The third-order valence-electron chi connectivity index (χ3n) is 1.41. The van der Waals surface area contributed by atoms with Crippen LogP contribution in [0.4, 0.5) is 4.79 Å². The van der Waals surface area contributed by atoms with Crippen molar-refractivity contribution in [3.8, 4) is 0 Å².